The molecule has 0 saturated heterocycles. The van der Waals surface area contributed by atoms with Crippen LogP contribution in [0.2, 0.25) is 0 Å². The van der Waals surface area contributed by atoms with Gasteiger partial charge in [-0.3, -0.25) is 4.79 Å². The number of amides is 1. The van der Waals surface area contributed by atoms with Crippen molar-refractivity contribution in [2.45, 2.75) is 46.1 Å². The summed E-state index contributed by atoms with van der Waals surface area (Å²) in [5.74, 6) is 0.224. The highest BCUT2D eigenvalue weighted by Crippen LogP contribution is 2.29. The van der Waals surface area contributed by atoms with Gasteiger partial charge < -0.3 is 15.8 Å². The molecular formula is C18H26N2O3. The summed E-state index contributed by atoms with van der Waals surface area (Å²) < 4.78 is 5.10. The van der Waals surface area contributed by atoms with Crippen molar-refractivity contribution in [1.82, 2.24) is 5.32 Å². The van der Waals surface area contributed by atoms with Crippen molar-refractivity contribution >= 4 is 17.6 Å². The number of nitrogens with one attached hydrogen (secondary N) is 1. The van der Waals surface area contributed by atoms with Gasteiger partial charge in [-0.15, -0.1) is 0 Å². The van der Waals surface area contributed by atoms with Gasteiger partial charge in [0.05, 0.1) is 5.56 Å². The summed E-state index contributed by atoms with van der Waals surface area (Å²) in [6, 6.07) is 5.33. The number of hydrogen-bond acceptors (Lipinski definition) is 4. The van der Waals surface area contributed by atoms with Crippen molar-refractivity contribution < 1.29 is 14.3 Å². The number of hydrogen-bond donors (Lipinski definition) is 2. The predicted octanol–water partition coefficient (Wildman–Crippen LogP) is 2.67. The first-order valence-corrected chi connectivity index (χ1v) is 8.21. The Hall–Kier alpha value is -2.04. The minimum Gasteiger partial charge on any atom is -0.452 e. The Labute approximate surface area is 137 Å². The molecule has 0 aliphatic heterocycles. The highest BCUT2D eigenvalue weighted by Gasteiger charge is 2.28. The van der Waals surface area contributed by atoms with E-state index in [-0.39, 0.29) is 18.6 Å². The smallest absolute Gasteiger partial charge is 0.340 e. The highest BCUT2D eigenvalue weighted by molar-refractivity contribution is 5.96. The van der Waals surface area contributed by atoms with E-state index in [0.717, 1.165) is 18.4 Å². The van der Waals surface area contributed by atoms with E-state index >= 15 is 0 Å². The lowest BCUT2D eigenvalue weighted by molar-refractivity contribution is -0.125. The SMILES string of the molecule is Cc1cccc(C(=O)OCC(=O)N[C@H]2CCC[C@H](C)[C@@H]2C)c1N. The minimum atomic E-state index is -0.564. The topological polar surface area (TPSA) is 81.4 Å². The molecule has 1 aliphatic carbocycles. The fourth-order valence-corrected chi connectivity index (χ4v) is 3.10. The molecule has 5 nitrogen and oxygen atoms in total. The first-order valence-electron chi connectivity index (χ1n) is 8.21. The zero-order chi connectivity index (χ0) is 17.0. The van der Waals surface area contributed by atoms with Crippen LogP contribution in [0.4, 0.5) is 5.69 Å². The van der Waals surface area contributed by atoms with Crippen molar-refractivity contribution in [3.8, 4) is 0 Å². The van der Waals surface area contributed by atoms with Gasteiger partial charge in [-0.25, -0.2) is 4.79 Å². The Morgan fingerprint density at radius 2 is 2.04 bits per heavy atom. The summed E-state index contributed by atoms with van der Waals surface area (Å²) >= 11 is 0. The third-order valence-corrected chi connectivity index (χ3v) is 4.93. The van der Waals surface area contributed by atoms with Crippen molar-refractivity contribution in [2.24, 2.45) is 11.8 Å². The number of ether oxygens (including phenoxy) is 1. The molecule has 0 radical (unpaired) electrons. The standard InChI is InChI=1S/C18H26N2O3/c1-11-6-5-9-15(13(11)3)20-16(21)10-23-18(22)14-8-4-7-12(2)17(14)19/h4,7-8,11,13,15H,5-6,9-10,19H2,1-3H3,(H,20,21)/t11-,13-,15-/m0/s1. The number of esters is 1. The molecule has 1 amide bonds. The average Bonchev–Trinajstić information content (AvgIpc) is 2.52. The molecule has 0 aromatic heterocycles. The van der Waals surface area contributed by atoms with E-state index in [1.54, 1.807) is 12.1 Å². The molecule has 0 spiro atoms. The maximum atomic E-state index is 12.0. The number of para-hydroxylation sites is 1. The number of nitrogen functional groups attached to an aromatic ring is 1. The van der Waals surface area contributed by atoms with Gasteiger partial charge in [-0.1, -0.05) is 38.8 Å². The summed E-state index contributed by atoms with van der Waals surface area (Å²) in [6.45, 7) is 5.92. The fourth-order valence-electron chi connectivity index (χ4n) is 3.10. The van der Waals surface area contributed by atoms with Crippen LogP contribution < -0.4 is 11.1 Å². The number of carbonyl (C=O) groups is 2. The van der Waals surface area contributed by atoms with Crippen molar-refractivity contribution in [3.05, 3.63) is 29.3 Å². The van der Waals surface area contributed by atoms with Gasteiger partial charge in [0, 0.05) is 11.7 Å². The zero-order valence-corrected chi connectivity index (χ0v) is 14.1. The number of rotatable bonds is 4. The second kappa shape index (κ2) is 7.49. The van der Waals surface area contributed by atoms with E-state index in [4.69, 9.17) is 10.5 Å². The molecule has 1 aromatic carbocycles. The van der Waals surface area contributed by atoms with Gasteiger partial charge in [-0.2, -0.15) is 0 Å². The van der Waals surface area contributed by atoms with Crippen molar-refractivity contribution in [1.29, 1.82) is 0 Å². The van der Waals surface area contributed by atoms with Crippen LogP contribution in [0.1, 0.15) is 49.0 Å². The normalized spacial score (nSPS) is 24.0. The lowest BCUT2D eigenvalue weighted by atomic mass is 9.78. The maximum absolute atomic E-state index is 12.0. The van der Waals surface area contributed by atoms with Crippen LogP contribution in [-0.4, -0.2) is 24.5 Å². The Morgan fingerprint density at radius 3 is 2.78 bits per heavy atom. The Bertz CT molecular complexity index is 586. The Kier molecular flexibility index (Phi) is 5.64. The molecule has 1 aliphatic rings. The molecule has 0 unspecified atom stereocenters. The second-order valence-electron chi connectivity index (χ2n) is 6.55. The molecule has 0 heterocycles. The maximum Gasteiger partial charge on any atom is 0.340 e. The summed E-state index contributed by atoms with van der Waals surface area (Å²) in [7, 11) is 0. The number of anilines is 1. The van der Waals surface area contributed by atoms with Crippen molar-refractivity contribution in [3.63, 3.8) is 0 Å². The Morgan fingerprint density at radius 1 is 1.30 bits per heavy atom. The first kappa shape index (κ1) is 17.3. The molecule has 2 rings (SSSR count). The van der Waals surface area contributed by atoms with Gasteiger partial charge in [0.15, 0.2) is 6.61 Å². The monoisotopic (exact) mass is 318 g/mol. The molecule has 1 aromatic rings. The quantitative estimate of drug-likeness (QED) is 0.660. The van der Waals surface area contributed by atoms with Crippen LogP contribution in [0.3, 0.4) is 0 Å². The second-order valence-corrected chi connectivity index (χ2v) is 6.55. The van der Waals surface area contributed by atoms with Crippen LogP contribution in [0.25, 0.3) is 0 Å². The van der Waals surface area contributed by atoms with E-state index in [2.05, 4.69) is 19.2 Å². The summed E-state index contributed by atoms with van der Waals surface area (Å²) in [6.07, 6.45) is 3.31. The van der Waals surface area contributed by atoms with E-state index in [0.29, 0.717) is 23.1 Å². The van der Waals surface area contributed by atoms with E-state index in [1.807, 2.05) is 13.0 Å². The van der Waals surface area contributed by atoms with Gasteiger partial charge >= 0.3 is 5.97 Å². The third kappa shape index (κ3) is 4.24. The molecule has 1 saturated carbocycles. The lowest BCUT2D eigenvalue weighted by Gasteiger charge is -2.34. The van der Waals surface area contributed by atoms with Crippen LogP contribution in [0.5, 0.6) is 0 Å². The van der Waals surface area contributed by atoms with Crippen LogP contribution in [0.15, 0.2) is 18.2 Å². The molecule has 3 atom stereocenters. The van der Waals surface area contributed by atoms with E-state index in [9.17, 15) is 9.59 Å². The predicted molar refractivity (Wildman–Crippen MR) is 90.0 cm³/mol. The molecule has 1 fully saturated rings. The van der Waals surface area contributed by atoms with Gasteiger partial charge in [0.1, 0.15) is 0 Å². The van der Waals surface area contributed by atoms with Gasteiger partial charge in [0.25, 0.3) is 5.91 Å². The first-order chi connectivity index (χ1) is 10.9. The minimum absolute atomic E-state index is 0.161. The number of carbonyl (C=O) groups excluding carboxylic acids is 2. The molecule has 5 heteroatoms. The average molecular weight is 318 g/mol. The van der Waals surface area contributed by atoms with Crippen LogP contribution in [0, 0.1) is 18.8 Å². The molecule has 126 valence electrons. The Balaban J connectivity index is 1.86. The molecule has 23 heavy (non-hydrogen) atoms. The summed E-state index contributed by atoms with van der Waals surface area (Å²) in [5.41, 5.74) is 7.38. The van der Waals surface area contributed by atoms with Gasteiger partial charge in [-0.05, 0) is 36.8 Å². The van der Waals surface area contributed by atoms with Gasteiger partial charge in [0.2, 0.25) is 0 Å². The summed E-state index contributed by atoms with van der Waals surface area (Å²) in [4.78, 5) is 24.1. The van der Waals surface area contributed by atoms with Crippen LogP contribution >= 0.6 is 0 Å². The van der Waals surface area contributed by atoms with Crippen molar-refractivity contribution in [2.75, 3.05) is 12.3 Å². The lowest BCUT2D eigenvalue weighted by Crippen LogP contribution is -2.45. The molecule has 0 bridgehead atoms. The molecular weight excluding hydrogens is 292 g/mol. The fraction of sp³-hybridized carbons (Fsp3) is 0.556. The largest absolute Gasteiger partial charge is 0.452 e. The third-order valence-electron chi connectivity index (χ3n) is 4.93. The zero-order valence-electron chi connectivity index (χ0n) is 14.1. The highest BCUT2D eigenvalue weighted by atomic mass is 16.5. The number of aryl methyl sites for hydroxylation is 1. The number of nitrogens with two attached hydrogens (primary N) is 1. The summed E-state index contributed by atoms with van der Waals surface area (Å²) in [5, 5.41) is 2.98. The molecule has 3 N–H and O–H groups in total. The van der Waals surface area contributed by atoms with E-state index in [1.165, 1.54) is 6.42 Å². The van der Waals surface area contributed by atoms with E-state index < -0.39 is 5.97 Å². The number of benzene rings is 1. The van der Waals surface area contributed by atoms with Crippen LogP contribution in [-0.2, 0) is 9.53 Å².